The SMILES string of the molecule is C[C@H](C(=O)OCC(=O)Nc1ccc(Br)cc1Cl)N1C(=O)[C@@H]2[C@H]3C[C@@H]([C@H](Br)[C@H]3Br)[C@H]2C1=O. The number of carbonyl (C=O) groups is 4. The zero-order chi connectivity index (χ0) is 22.6. The van der Waals surface area contributed by atoms with Crippen LogP contribution in [0.3, 0.4) is 0 Å². The molecule has 1 saturated heterocycles. The van der Waals surface area contributed by atoms with E-state index in [2.05, 4.69) is 53.1 Å². The Morgan fingerprint density at radius 3 is 2.32 bits per heavy atom. The molecule has 4 rings (SSSR count). The van der Waals surface area contributed by atoms with E-state index in [1.165, 1.54) is 6.92 Å². The van der Waals surface area contributed by atoms with E-state index in [9.17, 15) is 19.2 Å². The summed E-state index contributed by atoms with van der Waals surface area (Å²) in [5, 5.41) is 2.88. The normalized spacial score (nSPS) is 32.2. The number of fused-ring (bicyclic) bond motifs is 5. The quantitative estimate of drug-likeness (QED) is 0.301. The van der Waals surface area contributed by atoms with Gasteiger partial charge in [-0.2, -0.15) is 0 Å². The number of halogens is 4. The van der Waals surface area contributed by atoms with Crippen molar-refractivity contribution in [2.45, 2.75) is 29.0 Å². The van der Waals surface area contributed by atoms with Crippen LogP contribution in [0.4, 0.5) is 5.69 Å². The first-order chi connectivity index (χ1) is 14.6. The van der Waals surface area contributed by atoms with Crippen LogP contribution in [0.15, 0.2) is 22.7 Å². The molecule has 1 aromatic carbocycles. The summed E-state index contributed by atoms with van der Waals surface area (Å²) in [6.07, 6.45) is 0.810. The Bertz CT molecular complexity index is 944. The number of ether oxygens (including phenoxy) is 1. The molecular weight excluding hydrogens is 623 g/mol. The number of amides is 3. The van der Waals surface area contributed by atoms with Gasteiger partial charge in [-0.3, -0.25) is 19.3 Å². The number of carbonyl (C=O) groups excluding carboxylic acids is 4. The van der Waals surface area contributed by atoms with Gasteiger partial charge >= 0.3 is 5.97 Å². The number of nitrogens with zero attached hydrogens (tertiary/aromatic N) is 1. The van der Waals surface area contributed by atoms with Crippen molar-refractivity contribution in [2.24, 2.45) is 23.7 Å². The van der Waals surface area contributed by atoms with Crippen LogP contribution in [-0.4, -0.2) is 50.9 Å². The largest absolute Gasteiger partial charge is 0.454 e. The lowest BCUT2D eigenvalue weighted by Gasteiger charge is -2.28. The van der Waals surface area contributed by atoms with E-state index in [4.69, 9.17) is 16.3 Å². The zero-order valence-corrected chi connectivity index (χ0v) is 21.7. The summed E-state index contributed by atoms with van der Waals surface area (Å²) in [4.78, 5) is 51.9. The Hall–Kier alpha value is -0.970. The summed E-state index contributed by atoms with van der Waals surface area (Å²) in [6.45, 7) is 0.888. The molecule has 3 amide bonds. The lowest BCUT2D eigenvalue weighted by molar-refractivity contribution is -0.159. The lowest BCUT2D eigenvalue weighted by Crippen LogP contribution is -2.45. The van der Waals surface area contributed by atoms with Crippen molar-refractivity contribution in [3.8, 4) is 0 Å². The predicted molar refractivity (Wildman–Crippen MR) is 124 cm³/mol. The Morgan fingerprint density at radius 2 is 1.77 bits per heavy atom. The monoisotopic (exact) mass is 638 g/mol. The number of imide groups is 1. The maximum atomic E-state index is 13.0. The van der Waals surface area contributed by atoms with Crippen molar-refractivity contribution in [3.63, 3.8) is 0 Å². The molecule has 7 atom stereocenters. The number of rotatable bonds is 5. The van der Waals surface area contributed by atoms with Crippen molar-refractivity contribution in [3.05, 3.63) is 27.7 Å². The Morgan fingerprint density at radius 1 is 1.19 bits per heavy atom. The summed E-state index contributed by atoms with van der Waals surface area (Å²) < 4.78 is 5.83. The minimum atomic E-state index is -1.10. The maximum absolute atomic E-state index is 13.0. The van der Waals surface area contributed by atoms with Gasteiger partial charge in [0.05, 0.1) is 22.5 Å². The first-order valence-corrected chi connectivity index (χ1v) is 12.7. The summed E-state index contributed by atoms with van der Waals surface area (Å²) in [6, 6.07) is 3.84. The fourth-order valence-electron chi connectivity index (χ4n) is 4.89. The molecule has 7 nitrogen and oxygen atoms in total. The van der Waals surface area contributed by atoms with Gasteiger partial charge in [0.2, 0.25) is 11.8 Å². The standard InChI is InChI=1S/C20H18Br3ClN2O5/c1-7(20(30)31-6-13(27)25-12-3-2-8(21)4-11(12)24)26-18(28)14-9-5-10(15(14)19(26)29)17(23)16(9)22/h2-4,7,9-10,14-17H,5-6H2,1H3,(H,25,27)/t7-,9-,10-,14-,15-,16+,17+/m1/s1. The first kappa shape index (κ1) is 23.2. The van der Waals surface area contributed by atoms with Crippen LogP contribution in [-0.2, 0) is 23.9 Å². The highest BCUT2D eigenvalue weighted by Crippen LogP contribution is 2.60. The third kappa shape index (κ3) is 3.98. The van der Waals surface area contributed by atoms with Gasteiger partial charge in [-0.1, -0.05) is 59.4 Å². The molecule has 3 fully saturated rings. The Balaban J connectivity index is 1.37. The van der Waals surface area contributed by atoms with Crippen LogP contribution < -0.4 is 5.32 Å². The summed E-state index contributed by atoms with van der Waals surface area (Å²) >= 11 is 16.6. The fraction of sp³-hybridized carbons (Fsp3) is 0.500. The second-order valence-electron chi connectivity index (χ2n) is 8.01. The smallest absolute Gasteiger partial charge is 0.329 e. The van der Waals surface area contributed by atoms with E-state index < -0.39 is 36.4 Å². The number of esters is 1. The lowest BCUT2D eigenvalue weighted by atomic mass is 9.81. The predicted octanol–water partition coefficient (Wildman–Crippen LogP) is 3.75. The molecule has 0 spiro atoms. The Kier molecular flexibility index (Phi) is 6.55. The summed E-state index contributed by atoms with van der Waals surface area (Å²) in [5.41, 5.74) is 0.376. The van der Waals surface area contributed by atoms with Crippen LogP contribution >= 0.6 is 59.4 Å². The highest BCUT2D eigenvalue weighted by Gasteiger charge is 2.67. The minimum absolute atomic E-state index is 0.0606. The number of likely N-dealkylation sites (tertiary alicyclic amines) is 1. The number of benzene rings is 1. The first-order valence-electron chi connectivity index (χ1n) is 9.68. The average molecular weight is 642 g/mol. The van der Waals surface area contributed by atoms with Gasteiger partial charge in [0, 0.05) is 14.1 Å². The van der Waals surface area contributed by atoms with Gasteiger partial charge in [0.1, 0.15) is 6.04 Å². The van der Waals surface area contributed by atoms with Crippen molar-refractivity contribution < 1.29 is 23.9 Å². The molecule has 1 N–H and O–H groups in total. The maximum Gasteiger partial charge on any atom is 0.329 e. The van der Waals surface area contributed by atoms with Gasteiger partial charge in [0.15, 0.2) is 6.61 Å². The summed E-state index contributed by atoms with van der Waals surface area (Å²) in [5.74, 6) is -2.75. The molecule has 0 aromatic heterocycles. The van der Waals surface area contributed by atoms with Crippen LogP contribution in [0.1, 0.15) is 13.3 Å². The van der Waals surface area contributed by atoms with Crippen LogP contribution in [0, 0.1) is 23.7 Å². The number of alkyl halides is 2. The molecule has 3 aliphatic rings. The molecule has 1 aliphatic heterocycles. The molecule has 2 aliphatic carbocycles. The van der Waals surface area contributed by atoms with E-state index >= 15 is 0 Å². The van der Waals surface area contributed by atoms with Gasteiger partial charge in [-0.05, 0) is 43.4 Å². The highest BCUT2D eigenvalue weighted by atomic mass is 79.9. The third-order valence-electron chi connectivity index (χ3n) is 6.30. The van der Waals surface area contributed by atoms with Crippen molar-refractivity contribution in [1.82, 2.24) is 4.90 Å². The molecule has 11 heteroatoms. The summed E-state index contributed by atoms with van der Waals surface area (Å²) in [7, 11) is 0. The van der Waals surface area contributed by atoms with E-state index in [0.29, 0.717) is 10.7 Å². The number of anilines is 1. The van der Waals surface area contributed by atoms with Crippen LogP contribution in [0.2, 0.25) is 5.02 Å². The topological polar surface area (TPSA) is 92.8 Å². The van der Waals surface area contributed by atoms with E-state index in [1.54, 1.807) is 18.2 Å². The van der Waals surface area contributed by atoms with Gasteiger partial charge < -0.3 is 10.1 Å². The molecular formula is C20H18Br3ClN2O5. The second-order valence-corrected chi connectivity index (χ2v) is 11.4. The van der Waals surface area contributed by atoms with Crippen molar-refractivity contribution in [2.75, 3.05) is 11.9 Å². The molecule has 31 heavy (non-hydrogen) atoms. The van der Waals surface area contributed by atoms with Crippen molar-refractivity contribution in [1.29, 1.82) is 0 Å². The van der Waals surface area contributed by atoms with Gasteiger partial charge in [-0.25, -0.2) is 4.79 Å². The second kappa shape index (κ2) is 8.76. The molecule has 0 unspecified atom stereocenters. The molecule has 166 valence electrons. The van der Waals surface area contributed by atoms with Gasteiger partial charge in [0.25, 0.3) is 5.91 Å². The van der Waals surface area contributed by atoms with Crippen molar-refractivity contribution >= 4 is 88.8 Å². The number of nitrogens with one attached hydrogen (secondary N) is 1. The van der Waals surface area contributed by atoms with E-state index in [-0.39, 0.29) is 33.3 Å². The molecule has 0 radical (unpaired) electrons. The molecule has 1 aromatic rings. The minimum Gasteiger partial charge on any atom is -0.454 e. The number of hydrogen-bond donors (Lipinski definition) is 1. The fourth-order valence-corrected chi connectivity index (χ4v) is 7.49. The third-order valence-corrected chi connectivity index (χ3v) is 10.3. The highest BCUT2D eigenvalue weighted by molar-refractivity contribution is 9.12. The zero-order valence-electron chi connectivity index (χ0n) is 16.2. The van der Waals surface area contributed by atoms with Crippen LogP contribution in [0.5, 0.6) is 0 Å². The molecule has 1 heterocycles. The Labute approximate surface area is 208 Å². The van der Waals surface area contributed by atoms with Gasteiger partial charge in [-0.15, -0.1) is 0 Å². The average Bonchev–Trinajstić information content (AvgIpc) is 3.32. The molecule has 2 bridgehead atoms. The van der Waals surface area contributed by atoms with Crippen LogP contribution in [0.25, 0.3) is 0 Å². The number of hydrogen-bond acceptors (Lipinski definition) is 5. The molecule has 2 saturated carbocycles. The van der Waals surface area contributed by atoms with E-state index in [1.807, 2.05) is 0 Å². The van der Waals surface area contributed by atoms with E-state index in [0.717, 1.165) is 15.8 Å².